The lowest BCUT2D eigenvalue weighted by molar-refractivity contribution is 0.231. The van der Waals surface area contributed by atoms with E-state index in [4.69, 9.17) is 23.2 Å². The Balaban J connectivity index is 1.47. The molecule has 0 bridgehead atoms. The molecule has 1 aliphatic carbocycles. The topological polar surface area (TPSA) is 67.7 Å². The molecule has 1 saturated carbocycles. The van der Waals surface area contributed by atoms with Crippen molar-refractivity contribution in [3.05, 3.63) is 40.3 Å². The molecule has 3 heterocycles. The third-order valence-electron chi connectivity index (χ3n) is 5.95. The number of piperidine rings is 1. The van der Waals surface area contributed by atoms with Gasteiger partial charge in [0.2, 0.25) is 5.95 Å². The van der Waals surface area contributed by atoms with Crippen molar-refractivity contribution >= 4 is 45.7 Å². The van der Waals surface area contributed by atoms with Crippen LogP contribution in [0.3, 0.4) is 0 Å². The Hall–Kier alpha value is -1.96. The minimum Gasteiger partial charge on any atom is -0.320 e. The van der Waals surface area contributed by atoms with Crippen LogP contribution in [0, 0.1) is 0 Å². The largest absolute Gasteiger partial charge is 0.320 e. The fourth-order valence-corrected chi connectivity index (χ4v) is 4.55. The van der Waals surface area contributed by atoms with E-state index in [-0.39, 0.29) is 11.5 Å². The maximum Gasteiger partial charge on any atom is 0.227 e. The molecule has 2 aromatic heterocycles. The van der Waals surface area contributed by atoms with Crippen molar-refractivity contribution in [3.63, 3.8) is 0 Å². The molecule has 0 radical (unpaired) electrons. The third-order valence-corrected chi connectivity index (χ3v) is 6.64. The monoisotopic (exact) mass is 434 g/mol. The molecule has 5 rings (SSSR count). The normalized spacial score (nSPS) is 23.3. The van der Waals surface area contributed by atoms with E-state index in [1.54, 1.807) is 12.4 Å². The van der Waals surface area contributed by atoms with Crippen LogP contribution < -0.4 is 10.6 Å². The lowest BCUT2D eigenvalue weighted by atomic mass is 9.88. The highest BCUT2D eigenvalue weighted by Gasteiger charge is 2.42. The number of halogens is 3. The van der Waals surface area contributed by atoms with Crippen LogP contribution in [0.4, 0.5) is 16.0 Å². The molecule has 2 aliphatic rings. The number of hydrogen-bond donors (Lipinski definition) is 2. The second-order valence-corrected chi connectivity index (χ2v) is 8.89. The standard InChI is InChI=1S/C20H21Cl2FN6/c1-20(3-4-20)29-18(22)17(10-26-29)28-19-25-8-11-6-14(21)13(7-16(11)27-19)12-2-5-24-9-15(12)23/h6-8,10,12,15,24H,2-5,9H2,1H3,(H,25,27,28). The van der Waals surface area contributed by atoms with Crippen LogP contribution in [-0.2, 0) is 5.54 Å². The van der Waals surface area contributed by atoms with Crippen LogP contribution in [0.5, 0.6) is 0 Å². The first-order chi connectivity index (χ1) is 13.9. The number of benzene rings is 1. The molecule has 29 heavy (non-hydrogen) atoms. The molecule has 1 aromatic carbocycles. The molecule has 2 unspecified atom stereocenters. The van der Waals surface area contributed by atoms with Crippen molar-refractivity contribution in [1.82, 2.24) is 25.1 Å². The van der Waals surface area contributed by atoms with Gasteiger partial charge >= 0.3 is 0 Å². The Morgan fingerprint density at radius 3 is 2.86 bits per heavy atom. The molecule has 3 aromatic rings. The van der Waals surface area contributed by atoms with Crippen molar-refractivity contribution in [3.8, 4) is 0 Å². The van der Waals surface area contributed by atoms with Gasteiger partial charge < -0.3 is 10.6 Å². The SMILES string of the molecule is CC1(n2ncc(Nc3ncc4cc(Cl)c(C5CCNCC5F)cc4n3)c2Cl)CC1. The molecular formula is C20H21Cl2FN6. The highest BCUT2D eigenvalue weighted by molar-refractivity contribution is 6.32. The van der Waals surface area contributed by atoms with Gasteiger partial charge in [-0.15, -0.1) is 0 Å². The summed E-state index contributed by atoms with van der Waals surface area (Å²) in [4.78, 5) is 8.97. The molecule has 1 saturated heterocycles. The first-order valence-electron chi connectivity index (χ1n) is 9.77. The minimum atomic E-state index is -0.966. The van der Waals surface area contributed by atoms with Crippen LogP contribution in [0.15, 0.2) is 24.5 Å². The highest BCUT2D eigenvalue weighted by Crippen LogP contribution is 2.45. The van der Waals surface area contributed by atoms with Gasteiger partial charge in [0.1, 0.15) is 6.17 Å². The van der Waals surface area contributed by atoms with Crippen molar-refractivity contribution in [1.29, 1.82) is 0 Å². The minimum absolute atomic E-state index is 0.00463. The second kappa shape index (κ2) is 7.07. The molecule has 152 valence electrons. The molecule has 2 fully saturated rings. The van der Waals surface area contributed by atoms with Crippen molar-refractivity contribution in [2.45, 2.75) is 43.8 Å². The predicted molar refractivity (Wildman–Crippen MR) is 113 cm³/mol. The number of alkyl halides is 1. The molecule has 0 amide bonds. The number of nitrogens with one attached hydrogen (secondary N) is 2. The zero-order valence-electron chi connectivity index (χ0n) is 15.9. The van der Waals surface area contributed by atoms with Gasteiger partial charge in [0, 0.05) is 29.1 Å². The Morgan fingerprint density at radius 1 is 1.28 bits per heavy atom. The van der Waals surface area contributed by atoms with Gasteiger partial charge in [0.25, 0.3) is 0 Å². The quantitative estimate of drug-likeness (QED) is 0.616. The van der Waals surface area contributed by atoms with E-state index in [1.165, 1.54) is 0 Å². The van der Waals surface area contributed by atoms with Crippen LogP contribution in [0.1, 0.15) is 37.7 Å². The average Bonchev–Trinajstić information content (AvgIpc) is 3.34. The Bertz CT molecular complexity index is 1080. The van der Waals surface area contributed by atoms with Crippen molar-refractivity contribution in [2.75, 3.05) is 18.4 Å². The van der Waals surface area contributed by atoms with Gasteiger partial charge in [-0.1, -0.05) is 23.2 Å². The van der Waals surface area contributed by atoms with Crippen LogP contribution in [-0.4, -0.2) is 39.0 Å². The number of aromatic nitrogens is 4. The van der Waals surface area contributed by atoms with E-state index in [0.29, 0.717) is 40.3 Å². The first kappa shape index (κ1) is 19.0. The third kappa shape index (κ3) is 3.45. The number of hydrogen-bond acceptors (Lipinski definition) is 5. The van der Waals surface area contributed by atoms with E-state index in [1.807, 2.05) is 16.8 Å². The highest BCUT2D eigenvalue weighted by atomic mass is 35.5. The summed E-state index contributed by atoms with van der Waals surface area (Å²) in [6.45, 7) is 3.25. The van der Waals surface area contributed by atoms with Gasteiger partial charge in [-0.25, -0.2) is 19.0 Å². The maximum atomic E-state index is 14.4. The molecule has 0 spiro atoms. The van der Waals surface area contributed by atoms with E-state index in [2.05, 4.69) is 32.6 Å². The number of rotatable bonds is 4. The van der Waals surface area contributed by atoms with Crippen LogP contribution >= 0.6 is 23.2 Å². The van der Waals surface area contributed by atoms with Gasteiger partial charge in [-0.05, 0) is 50.4 Å². The van der Waals surface area contributed by atoms with E-state index >= 15 is 0 Å². The molecule has 1 aliphatic heterocycles. The van der Waals surface area contributed by atoms with Gasteiger partial charge in [0.15, 0.2) is 5.15 Å². The molecular weight excluding hydrogens is 414 g/mol. The Labute approximate surface area is 177 Å². The molecule has 2 atom stereocenters. The van der Waals surface area contributed by atoms with E-state index in [0.717, 1.165) is 30.3 Å². The maximum absolute atomic E-state index is 14.4. The molecule has 6 nitrogen and oxygen atoms in total. The van der Waals surface area contributed by atoms with Crippen LogP contribution in [0.25, 0.3) is 10.9 Å². The summed E-state index contributed by atoms with van der Waals surface area (Å²) < 4.78 is 16.3. The lowest BCUT2D eigenvalue weighted by Crippen LogP contribution is -2.36. The lowest BCUT2D eigenvalue weighted by Gasteiger charge is -2.27. The smallest absolute Gasteiger partial charge is 0.227 e. The first-order valence-corrected chi connectivity index (χ1v) is 10.5. The zero-order chi connectivity index (χ0) is 20.2. The summed E-state index contributed by atoms with van der Waals surface area (Å²) in [5.41, 5.74) is 2.18. The van der Waals surface area contributed by atoms with Gasteiger partial charge in [-0.2, -0.15) is 5.10 Å². The summed E-state index contributed by atoms with van der Waals surface area (Å²) in [7, 11) is 0. The van der Waals surface area contributed by atoms with Gasteiger partial charge in [0.05, 0.1) is 22.9 Å². The number of nitrogens with zero attached hydrogens (tertiary/aromatic N) is 4. The summed E-state index contributed by atoms with van der Waals surface area (Å²) in [6, 6.07) is 3.69. The summed E-state index contributed by atoms with van der Waals surface area (Å²) in [6.07, 6.45) is 5.26. The predicted octanol–water partition coefficient (Wildman–Crippen LogP) is 4.80. The Morgan fingerprint density at radius 2 is 2.10 bits per heavy atom. The number of anilines is 2. The van der Waals surface area contributed by atoms with Gasteiger partial charge in [-0.3, -0.25) is 0 Å². The fourth-order valence-electron chi connectivity index (χ4n) is 3.89. The Kier molecular flexibility index (Phi) is 4.64. The summed E-state index contributed by atoms with van der Waals surface area (Å²) >= 11 is 13.0. The number of fused-ring (bicyclic) bond motifs is 1. The van der Waals surface area contributed by atoms with Crippen LogP contribution in [0.2, 0.25) is 10.2 Å². The zero-order valence-corrected chi connectivity index (χ0v) is 17.4. The molecule has 9 heteroatoms. The van der Waals surface area contributed by atoms with E-state index in [9.17, 15) is 4.39 Å². The second-order valence-electron chi connectivity index (χ2n) is 8.12. The fraction of sp³-hybridized carbons (Fsp3) is 0.450. The summed E-state index contributed by atoms with van der Waals surface area (Å²) in [5.74, 6) is 0.182. The van der Waals surface area contributed by atoms with E-state index < -0.39 is 6.17 Å². The molecule has 2 N–H and O–H groups in total. The van der Waals surface area contributed by atoms with Crippen molar-refractivity contribution < 1.29 is 4.39 Å². The summed E-state index contributed by atoms with van der Waals surface area (Å²) in [5, 5.41) is 12.5. The van der Waals surface area contributed by atoms with Crippen molar-refractivity contribution in [2.24, 2.45) is 0 Å². The average molecular weight is 435 g/mol.